The molecule has 0 bridgehead atoms. The van der Waals surface area contributed by atoms with E-state index in [2.05, 4.69) is 0 Å². The van der Waals surface area contributed by atoms with Crippen LogP contribution in [0.4, 0.5) is 0 Å². The lowest BCUT2D eigenvalue weighted by Gasteiger charge is -2.35. The van der Waals surface area contributed by atoms with Gasteiger partial charge in [0.25, 0.3) is 0 Å². The molecule has 1 rings (SSSR count). The van der Waals surface area contributed by atoms with Gasteiger partial charge in [0.05, 0.1) is 5.60 Å². The van der Waals surface area contributed by atoms with Crippen LogP contribution in [-0.2, 0) is 9.53 Å². The minimum Gasteiger partial charge on any atom is -0.388 e. The Kier molecular flexibility index (Phi) is 4.50. The molecule has 0 aliphatic carbocycles. The number of rotatable bonds is 4. The SMILES string of the molecule is CN(CC1(O)CCOCC1)C(=O)CCN. The minimum atomic E-state index is -0.780. The molecule has 3 N–H and O–H groups in total. The van der Waals surface area contributed by atoms with Crippen molar-refractivity contribution in [3.8, 4) is 0 Å². The maximum absolute atomic E-state index is 11.5. The quantitative estimate of drug-likeness (QED) is 0.654. The van der Waals surface area contributed by atoms with Gasteiger partial charge in [-0.25, -0.2) is 0 Å². The maximum atomic E-state index is 11.5. The standard InChI is InChI=1S/C10H20N2O3/c1-12(9(13)2-5-11)8-10(14)3-6-15-7-4-10/h14H,2-8,11H2,1H3. The molecule has 0 aromatic carbocycles. The minimum absolute atomic E-state index is 0.0163. The highest BCUT2D eigenvalue weighted by Crippen LogP contribution is 2.21. The van der Waals surface area contributed by atoms with Gasteiger partial charge in [-0.15, -0.1) is 0 Å². The van der Waals surface area contributed by atoms with E-state index in [1.807, 2.05) is 0 Å². The summed E-state index contributed by atoms with van der Waals surface area (Å²) in [6, 6.07) is 0. The molecule has 1 aliphatic heterocycles. The van der Waals surface area contributed by atoms with E-state index in [4.69, 9.17) is 10.5 Å². The van der Waals surface area contributed by atoms with Gasteiger partial charge in [0.15, 0.2) is 0 Å². The fourth-order valence-corrected chi connectivity index (χ4v) is 1.75. The number of hydrogen-bond donors (Lipinski definition) is 2. The molecule has 5 nitrogen and oxygen atoms in total. The summed E-state index contributed by atoms with van der Waals surface area (Å²) in [7, 11) is 1.70. The van der Waals surface area contributed by atoms with Gasteiger partial charge in [-0.1, -0.05) is 0 Å². The molecule has 1 fully saturated rings. The van der Waals surface area contributed by atoms with E-state index >= 15 is 0 Å². The molecule has 0 saturated carbocycles. The molecular weight excluding hydrogens is 196 g/mol. The van der Waals surface area contributed by atoms with E-state index in [1.54, 1.807) is 11.9 Å². The Morgan fingerprint density at radius 1 is 1.53 bits per heavy atom. The van der Waals surface area contributed by atoms with Crippen LogP contribution in [0.15, 0.2) is 0 Å². The lowest BCUT2D eigenvalue weighted by molar-refractivity contribution is -0.136. The van der Waals surface area contributed by atoms with Gasteiger partial charge in [0, 0.05) is 52.6 Å². The average Bonchev–Trinajstić information content (AvgIpc) is 2.18. The molecule has 1 heterocycles. The molecule has 0 unspecified atom stereocenters. The third-order valence-corrected chi connectivity index (χ3v) is 2.74. The predicted octanol–water partition coefficient (Wildman–Crippen LogP) is -0.665. The normalized spacial score (nSPS) is 19.9. The molecule has 1 amide bonds. The zero-order valence-corrected chi connectivity index (χ0v) is 9.24. The molecule has 0 aromatic rings. The Morgan fingerprint density at radius 2 is 2.13 bits per heavy atom. The van der Waals surface area contributed by atoms with Gasteiger partial charge in [0.1, 0.15) is 0 Å². The third kappa shape index (κ3) is 3.77. The Bertz CT molecular complexity index is 215. The molecule has 0 radical (unpaired) electrons. The molecule has 1 saturated heterocycles. The molecule has 0 atom stereocenters. The van der Waals surface area contributed by atoms with Crippen LogP contribution in [0.1, 0.15) is 19.3 Å². The molecular formula is C10H20N2O3. The summed E-state index contributed by atoms with van der Waals surface area (Å²) in [6.45, 7) is 1.85. The number of nitrogens with two attached hydrogens (primary N) is 1. The summed E-state index contributed by atoms with van der Waals surface area (Å²) >= 11 is 0. The molecule has 15 heavy (non-hydrogen) atoms. The van der Waals surface area contributed by atoms with Crippen LogP contribution in [-0.4, -0.2) is 54.9 Å². The molecule has 0 aromatic heterocycles. The Balaban J connectivity index is 2.41. The number of aliphatic hydroxyl groups is 1. The Hall–Kier alpha value is -0.650. The van der Waals surface area contributed by atoms with E-state index in [-0.39, 0.29) is 5.91 Å². The van der Waals surface area contributed by atoms with Crippen LogP contribution in [0, 0.1) is 0 Å². The van der Waals surface area contributed by atoms with Crippen molar-refractivity contribution >= 4 is 5.91 Å². The smallest absolute Gasteiger partial charge is 0.223 e. The van der Waals surface area contributed by atoms with Crippen LogP contribution in [0.3, 0.4) is 0 Å². The van der Waals surface area contributed by atoms with Crippen molar-refractivity contribution in [2.75, 3.05) is 33.4 Å². The molecule has 1 aliphatic rings. The Labute approximate surface area is 90.2 Å². The summed E-state index contributed by atoms with van der Waals surface area (Å²) in [4.78, 5) is 13.0. The van der Waals surface area contributed by atoms with Crippen LogP contribution in [0.25, 0.3) is 0 Å². The number of carbonyl (C=O) groups is 1. The van der Waals surface area contributed by atoms with Crippen LogP contribution in [0.2, 0.25) is 0 Å². The summed E-state index contributed by atoms with van der Waals surface area (Å²) < 4.78 is 5.17. The van der Waals surface area contributed by atoms with E-state index in [9.17, 15) is 9.90 Å². The second-order valence-electron chi connectivity index (χ2n) is 4.13. The lowest BCUT2D eigenvalue weighted by atomic mass is 9.94. The van der Waals surface area contributed by atoms with Crippen LogP contribution in [0.5, 0.6) is 0 Å². The first-order chi connectivity index (χ1) is 7.07. The molecule has 0 spiro atoms. The fraction of sp³-hybridized carbons (Fsp3) is 0.900. The zero-order chi connectivity index (χ0) is 11.3. The number of carbonyl (C=O) groups excluding carboxylic acids is 1. The maximum Gasteiger partial charge on any atom is 0.223 e. The van der Waals surface area contributed by atoms with Crippen molar-refractivity contribution in [2.45, 2.75) is 24.9 Å². The van der Waals surface area contributed by atoms with Crippen molar-refractivity contribution in [3.05, 3.63) is 0 Å². The Morgan fingerprint density at radius 3 is 2.67 bits per heavy atom. The third-order valence-electron chi connectivity index (χ3n) is 2.74. The first kappa shape index (κ1) is 12.4. The van der Waals surface area contributed by atoms with Gasteiger partial charge < -0.3 is 20.5 Å². The van der Waals surface area contributed by atoms with E-state index in [0.29, 0.717) is 45.6 Å². The first-order valence-electron chi connectivity index (χ1n) is 5.31. The number of likely N-dealkylation sites (N-methyl/N-ethyl adjacent to an activating group) is 1. The zero-order valence-electron chi connectivity index (χ0n) is 9.24. The number of nitrogens with zero attached hydrogens (tertiary/aromatic N) is 1. The topological polar surface area (TPSA) is 75.8 Å². The highest BCUT2D eigenvalue weighted by atomic mass is 16.5. The monoisotopic (exact) mass is 216 g/mol. The van der Waals surface area contributed by atoms with Gasteiger partial charge in [-0.2, -0.15) is 0 Å². The largest absolute Gasteiger partial charge is 0.388 e. The summed E-state index contributed by atoms with van der Waals surface area (Å²) in [6.07, 6.45) is 1.52. The van der Waals surface area contributed by atoms with E-state index < -0.39 is 5.60 Å². The second-order valence-corrected chi connectivity index (χ2v) is 4.13. The number of hydrogen-bond acceptors (Lipinski definition) is 4. The lowest BCUT2D eigenvalue weighted by Crippen LogP contribution is -2.47. The van der Waals surface area contributed by atoms with Gasteiger partial charge >= 0.3 is 0 Å². The van der Waals surface area contributed by atoms with Crippen LogP contribution < -0.4 is 5.73 Å². The summed E-state index contributed by atoms with van der Waals surface area (Å²) in [5.74, 6) is -0.0163. The van der Waals surface area contributed by atoms with Crippen LogP contribution >= 0.6 is 0 Å². The van der Waals surface area contributed by atoms with Crippen molar-refractivity contribution in [2.24, 2.45) is 5.73 Å². The van der Waals surface area contributed by atoms with Gasteiger partial charge in [-0.05, 0) is 0 Å². The summed E-state index contributed by atoms with van der Waals surface area (Å²) in [5.41, 5.74) is 4.52. The van der Waals surface area contributed by atoms with Crippen molar-refractivity contribution in [1.82, 2.24) is 4.90 Å². The molecule has 5 heteroatoms. The van der Waals surface area contributed by atoms with Crippen molar-refractivity contribution < 1.29 is 14.6 Å². The predicted molar refractivity (Wildman–Crippen MR) is 56.3 cm³/mol. The summed E-state index contributed by atoms with van der Waals surface area (Å²) in [5, 5.41) is 10.2. The number of ether oxygens (including phenoxy) is 1. The van der Waals surface area contributed by atoms with Gasteiger partial charge in [0.2, 0.25) is 5.91 Å². The highest BCUT2D eigenvalue weighted by molar-refractivity contribution is 5.76. The first-order valence-corrected chi connectivity index (χ1v) is 5.31. The highest BCUT2D eigenvalue weighted by Gasteiger charge is 2.32. The second kappa shape index (κ2) is 5.44. The fourth-order valence-electron chi connectivity index (χ4n) is 1.75. The molecule has 88 valence electrons. The average molecular weight is 216 g/mol. The van der Waals surface area contributed by atoms with Crippen molar-refractivity contribution in [3.63, 3.8) is 0 Å². The van der Waals surface area contributed by atoms with Crippen molar-refractivity contribution in [1.29, 1.82) is 0 Å². The number of amides is 1. The van der Waals surface area contributed by atoms with E-state index in [1.165, 1.54) is 0 Å². The van der Waals surface area contributed by atoms with E-state index in [0.717, 1.165) is 0 Å². The van der Waals surface area contributed by atoms with Gasteiger partial charge in [-0.3, -0.25) is 4.79 Å².